The van der Waals surface area contributed by atoms with Gasteiger partial charge in [-0.25, -0.2) is 0 Å². The van der Waals surface area contributed by atoms with Gasteiger partial charge in [0.25, 0.3) is 0 Å². The Bertz CT molecular complexity index is 643. The maximum atomic E-state index is 5.86. The molecule has 2 aromatic rings. The predicted molar refractivity (Wildman–Crippen MR) is 96.9 cm³/mol. The summed E-state index contributed by atoms with van der Waals surface area (Å²) in [7, 11) is 2.10. The van der Waals surface area contributed by atoms with Crippen LogP contribution in [-0.2, 0) is 0 Å². The van der Waals surface area contributed by atoms with Crippen LogP contribution in [0.4, 0.5) is 0 Å². The summed E-state index contributed by atoms with van der Waals surface area (Å²) in [5.74, 6) is 3.46. The zero-order valence-corrected chi connectivity index (χ0v) is 14.1. The quantitative estimate of drug-likeness (QED) is 0.731. The van der Waals surface area contributed by atoms with Crippen molar-refractivity contribution in [2.45, 2.75) is 6.42 Å². The van der Waals surface area contributed by atoms with Crippen molar-refractivity contribution >= 4 is 5.84 Å². The normalized spacial score (nSPS) is 18.8. The third kappa shape index (κ3) is 4.75. The van der Waals surface area contributed by atoms with Gasteiger partial charge in [0.05, 0.1) is 19.0 Å². The van der Waals surface area contributed by atoms with Gasteiger partial charge in [0, 0.05) is 25.9 Å². The monoisotopic (exact) mass is 324 g/mol. The lowest BCUT2D eigenvalue weighted by atomic mass is 10.1. The van der Waals surface area contributed by atoms with E-state index in [0.717, 1.165) is 36.9 Å². The summed E-state index contributed by atoms with van der Waals surface area (Å²) in [5.41, 5.74) is 0. The van der Waals surface area contributed by atoms with Gasteiger partial charge in [-0.1, -0.05) is 36.4 Å². The molecule has 0 saturated carbocycles. The molecule has 24 heavy (non-hydrogen) atoms. The van der Waals surface area contributed by atoms with Gasteiger partial charge in [-0.05, 0) is 24.3 Å². The smallest absolute Gasteiger partial charge is 0.119 e. The predicted octanol–water partition coefficient (Wildman–Crippen LogP) is 3.49. The third-order valence-corrected chi connectivity index (χ3v) is 4.07. The molecule has 1 unspecified atom stereocenters. The Balaban J connectivity index is 1.41. The Labute approximate surface area is 143 Å². The molecular weight excluding hydrogens is 300 g/mol. The van der Waals surface area contributed by atoms with Crippen LogP contribution < -0.4 is 9.47 Å². The van der Waals surface area contributed by atoms with Crippen molar-refractivity contribution in [3.05, 3.63) is 60.7 Å². The Hall–Kier alpha value is -2.49. The van der Waals surface area contributed by atoms with E-state index in [1.54, 1.807) is 0 Å². The van der Waals surface area contributed by atoms with Gasteiger partial charge < -0.3 is 14.4 Å². The first-order valence-corrected chi connectivity index (χ1v) is 8.41. The highest BCUT2D eigenvalue weighted by molar-refractivity contribution is 5.84. The number of para-hydroxylation sites is 2. The molecule has 3 rings (SSSR count). The first kappa shape index (κ1) is 16.4. The van der Waals surface area contributed by atoms with Crippen LogP contribution in [0.1, 0.15) is 6.42 Å². The standard InChI is InChI=1S/C20H24N2O2/c1-22-15-17(16-24-19-10-6-3-7-11-19)14-20(22)21-12-13-23-18-8-4-2-5-9-18/h2-11,17H,12-16H2,1H3. The van der Waals surface area contributed by atoms with E-state index in [1.807, 2.05) is 60.7 Å². The fourth-order valence-electron chi connectivity index (χ4n) is 2.85. The largest absolute Gasteiger partial charge is 0.493 e. The second-order valence-corrected chi connectivity index (χ2v) is 6.03. The lowest BCUT2D eigenvalue weighted by Gasteiger charge is -2.13. The topological polar surface area (TPSA) is 34.1 Å². The van der Waals surface area contributed by atoms with Gasteiger partial charge in [0.15, 0.2) is 0 Å². The number of hydrogen-bond acceptors (Lipinski definition) is 3. The summed E-state index contributed by atoms with van der Waals surface area (Å²) in [6.45, 7) is 3.01. The van der Waals surface area contributed by atoms with Gasteiger partial charge in [0.1, 0.15) is 18.1 Å². The third-order valence-electron chi connectivity index (χ3n) is 4.07. The number of aliphatic imine (C=N–C) groups is 1. The van der Waals surface area contributed by atoms with Crippen LogP contribution in [0.15, 0.2) is 65.7 Å². The maximum Gasteiger partial charge on any atom is 0.119 e. The van der Waals surface area contributed by atoms with E-state index in [0.29, 0.717) is 19.1 Å². The molecular formula is C20H24N2O2. The first-order valence-electron chi connectivity index (χ1n) is 8.41. The van der Waals surface area contributed by atoms with Crippen molar-refractivity contribution in [2.24, 2.45) is 10.9 Å². The van der Waals surface area contributed by atoms with Gasteiger partial charge in [0.2, 0.25) is 0 Å². The highest BCUT2D eigenvalue weighted by atomic mass is 16.5. The van der Waals surface area contributed by atoms with Crippen LogP contribution in [0.3, 0.4) is 0 Å². The molecule has 2 aromatic carbocycles. The summed E-state index contributed by atoms with van der Waals surface area (Å²) in [6, 6.07) is 19.8. The second-order valence-electron chi connectivity index (χ2n) is 6.03. The summed E-state index contributed by atoms with van der Waals surface area (Å²) < 4.78 is 11.5. The molecule has 1 saturated heterocycles. The molecule has 0 bridgehead atoms. The summed E-state index contributed by atoms with van der Waals surface area (Å²) in [5, 5.41) is 0. The fourth-order valence-corrected chi connectivity index (χ4v) is 2.85. The number of rotatable bonds is 7. The average molecular weight is 324 g/mol. The molecule has 1 fully saturated rings. The van der Waals surface area contributed by atoms with Crippen LogP contribution in [0, 0.1) is 5.92 Å². The zero-order chi connectivity index (χ0) is 16.6. The Kier molecular flexibility index (Phi) is 5.72. The molecule has 0 aliphatic carbocycles. The molecule has 0 amide bonds. The van der Waals surface area contributed by atoms with E-state index in [9.17, 15) is 0 Å². The van der Waals surface area contributed by atoms with Crippen LogP contribution in [-0.4, -0.2) is 44.1 Å². The molecule has 0 N–H and O–H groups in total. The lowest BCUT2D eigenvalue weighted by molar-refractivity contribution is 0.249. The van der Waals surface area contributed by atoms with Crippen LogP contribution in [0.5, 0.6) is 11.5 Å². The maximum absolute atomic E-state index is 5.86. The van der Waals surface area contributed by atoms with E-state index < -0.39 is 0 Å². The van der Waals surface area contributed by atoms with Crippen LogP contribution in [0.25, 0.3) is 0 Å². The summed E-state index contributed by atoms with van der Waals surface area (Å²) in [6.07, 6.45) is 0.967. The van der Waals surface area contributed by atoms with Gasteiger partial charge >= 0.3 is 0 Å². The Morgan fingerprint density at radius 1 is 0.958 bits per heavy atom. The SMILES string of the molecule is CN1CC(COc2ccccc2)CC1=NCCOc1ccccc1. The molecule has 126 valence electrons. The zero-order valence-electron chi connectivity index (χ0n) is 14.1. The molecule has 1 heterocycles. The first-order chi connectivity index (χ1) is 11.8. The molecule has 4 nitrogen and oxygen atoms in total. The van der Waals surface area contributed by atoms with Gasteiger partial charge in [-0.2, -0.15) is 0 Å². The van der Waals surface area contributed by atoms with E-state index in [2.05, 4.69) is 16.9 Å². The lowest BCUT2D eigenvalue weighted by Crippen LogP contribution is -2.21. The van der Waals surface area contributed by atoms with Crippen molar-refractivity contribution < 1.29 is 9.47 Å². The Morgan fingerprint density at radius 2 is 1.58 bits per heavy atom. The van der Waals surface area contributed by atoms with Crippen molar-refractivity contribution in [1.29, 1.82) is 0 Å². The molecule has 0 radical (unpaired) electrons. The fraction of sp³-hybridized carbons (Fsp3) is 0.350. The van der Waals surface area contributed by atoms with E-state index in [1.165, 1.54) is 0 Å². The van der Waals surface area contributed by atoms with E-state index in [-0.39, 0.29) is 0 Å². The van der Waals surface area contributed by atoms with Crippen molar-refractivity contribution in [3.8, 4) is 11.5 Å². The molecule has 1 aliphatic heterocycles. The van der Waals surface area contributed by atoms with Crippen LogP contribution >= 0.6 is 0 Å². The van der Waals surface area contributed by atoms with Gasteiger partial charge in [-0.3, -0.25) is 4.99 Å². The Morgan fingerprint density at radius 3 is 2.25 bits per heavy atom. The van der Waals surface area contributed by atoms with E-state index >= 15 is 0 Å². The molecule has 1 atom stereocenters. The minimum absolute atomic E-state index is 0.490. The van der Waals surface area contributed by atoms with Crippen LogP contribution in [0.2, 0.25) is 0 Å². The number of hydrogen-bond donors (Lipinski definition) is 0. The van der Waals surface area contributed by atoms with Crippen molar-refractivity contribution in [1.82, 2.24) is 4.90 Å². The highest BCUT2D eigenvalue weighted by Crippen LogP contribution is 2.19. The molecule has 0 aromatic heterocycles. The second kappa shape index (κ2) is 8.39. The highest BCUT2D eigenvalue weighted by Gasteiger charge is 2.25. The van der Waals surface area contributed by atoms with E-state index in [4.69, 9.17) is 9.47 Å². The number of benzene rings is 2. The molecule has 0 spiro atoms. The summed E-state index contributed by atoms with van der Waals surface area (Å²) in [4.78, 5) is 6.91. The van der Waals surface area contributed by atoms with Crippen molar-refractivity contribution in [2.75, 3.05) is 33.4 Å². The average Bonchev–Trinajstić information content (AvgIpc) is 2.99. The molecule has 4 heteroatoms. The summed E-state index contributed by atoms with van der Waals surface area (Å²) >= 11 is 0. The number of ether oxygens (including phenoxy) is 2. The van der Waals surface area contributed by atoms with Crippen molar-refractivity contribution in [3.63, 3.8) is 0 Å². The minimum Gasteiger partial charge on any atom is -0.493 e. The molecule has 1 aliphatic rings. The number of likely N-dealkylation sites (tertiary alicyclic amines) is 1. The van der Waals surface area contributed by atoms with Gasteiger partial charge in [-0.15, -0.1) is 0 Å². The number of nitrogens with zero attached hydrogens (tertiary/aromatic N) is 2. The number of amidine groups is 1. The minimum atomic E-state index is 0.490.